The zero-order chi connectivity index (χ0) is 17.6. The van der Waals surface area contributed by atoms with Crippen LogP contribution in [0.3, 0.4) is 0 Å². The van der Waals surface area contributed by atoms with Crippen molar-refractivity contribution in [1.82, 2.24) is 15.8 Å². The quantitative estimate of drug-likeness (QED) is 0.680. The van der Waals surface area contributed by atoms with Gasteiger partial charge in [-0.3, -0.25) is 9.59 Å². The van der Waals surface area contributed by atoms with E-state index in [1.54, 1.807) is 12.3 Å². The fraction of sp³-hybridized carbons (Fsp3) is 0.353. The molecule has 0 radical (unpaired) electrons. The first-order valence-electron chi connectivity index (χ1n) is 8.12. The molecule has 0 saturated carbocycles. The number of carbonyl (C=O) groups excluding carboxylic acids is 2. The molecule has 2 heterocycles. The number of hydrogen-bond acceptors (Lipinski definition) is 7. The monoisotopic (exact) mass is 360 g/mol. The number of esters is 1. The van der Waals surface area contributed by atoms with E-state index >= 15 is 0 Å². The van der Waals surface area contributed by atoms with E-state index in [0.717, 1.165) is 5.56 Å². The van der Waals surface area contributed by atoms with Gasteiger partial charge in [-0.2, -0.15) is 0 Å². The van der Waals surface area contributed by atoms with Crippen LogP contribution in [-0.4, -0.2) is 29.5 Å². The zero-order valence-corrected chi connectivity index (χ0v) is 14.6. The number of benzene rings is 1. The van der Waals surface area contributed by atoms with Gasteiger partial charge >= 0.3 is 5.97 Å². The number of rotatable bonds is 6. The van der Waals surface area contributed by atoms with E-state index < -0.39 is 0 Å². The molecule has 0 bridgehead atoms. The zero-order valence-electron chi connectivity index (χ0n) is 13.8. The summed E-state index contributed by atoms with van der Waals surface area (Å²) in [6.07, 6.45) is 0.760. The van der Waals surface area contributed by atoms with Crippen LogP contribution in [0, 0.1) is 0 Å². The van der Waals surface area contributed by atoms with Crippen molar-refractivity contribution in [2.75, 3.05) is 11.9 Å². The van der Waals surface area contributed by atoms with Gasteiger partial charge < -0.3 is 10.1 Å². The van der Waals surface area contributed by atoms with Crippen molar-refractivity contribution in [3.05, 3.63) is 47.0 Å². The molecule has 1 aliphatic heterocycles. The molecule has 1 fully saturated rings. The highest BCUT2D eigenvalue weighted by Gasteiger charge is 2.30. The second-order valence-corrected chi connectivity index (χ2v) is 6.51. The predicted molar refractivity (Wildman–Crippen MR) is 94.9 cm³/mol. The molecule has 1 saturated heterocycles. The maximum Gasteiger partial charge on any atom is 0.311 e. The number of carbonyl (C=O) groups is 2. The van der Waals surface area contributed by atoms with Crippen LogP contribution >= 0.6 is 11.3 Å². The third-order valence-electron chi connectivity index (χ3n) is 3.83. The van der Waals surface area contributed by atoms with Gasteiger partial charge in [-0.05, 0) is 18.9 Å². The minimum absolute atomic E-state index is 0.0904. The minimum atomic E-state index is -0.345. The molecule has 1 aromatic heterocycles. The van der Waals surface area contributed by atoms with Gasteiger partial charge in [0.15, 0.2) is 5.13 Å². The summed E-state index contributed by atoms with van der Waals surface area (Å²) in [4.78, 5) is 28.1. The van der Waals surface area contributed by atoms with Crippen LogP contribution < -0.4 is 16.2 Å². The topological polar surface area (TPSA) is 92.3 Å². The van der Waals surface area contributed by atoms with Gasteiger partial charge in [0.25, 0.3) is 0 Å². The number of nitrogens with zero attached hydrogens (tertiary/aromatic N) is 1. The standard InChI is InChI=1S/C17H20N4O3S/c1-2-24-15(22)8-12-10-25-17(18-12)19-16(23)14-9-13(20-21-14)11-6-4-3-5-7-11/h3-7,10,13-14,20-21H,2,8-9H2,1H3,(H,18,19,23). The Labute approximate surface area is 149 Å². The number of nitrogens with one attached hydrogen (secondary N) is 3. The summed E-state index contributed by atoms with van der Waals surface area (Å²) in [5.74, 6) is -0.471. The third-order valence-corrected chi connectivity index (χ3v) is 4.64. The molecule has 3 N–H and O–H groups in total. The summed E-state index contributed by atoms with van der Waals surface area (Å²) in [6, 6.07) is 9.72. The molecule has 2 aromatic rings. The molecule has 2 unspecified atom stereocenters. The van der Waals surface area contributed by atoms with Gasteiger partial charge in [-0.1, -0.05) is 30.3 Å². The van der Waals surface area contributed by atoms with Crippen LogP contribution in [0.4, 0.5) is 5.13 Å². The second-order valence-electron chi connectivity index (χ2n) is 5.66. The summed E-state index contributed by atoms with van der Waals surface area (Å²) >= 11 is 1.29. The lowest BCUT2D eigenvalue weighted by Gasteiger charge is -2.09. The van der Waals surface area contributed by atoms with Crippen LogP contribution in [0.2, 0.25) is 0 Å². The maximum absolute atomic E-state index is 12.4. The number of ether oxygens (including phenoxy) is 1. The normalized spacial score (nSPS) is 19.6. The molecule has 25 heavy (non-hydrogen) atoms. The van der Waals surface area contributed by atoms with Gasteiger partial charge in [-0.15, -0.1) is 11.3 Å². The number of hydrazine groups is 1. The van der Waals surface area contributed by atoms with E-state index in [1.165, 1.54) is 11.3 Å². The van der Waals surface area contributed by atoms with Gasteiger partial charge in [0, 0.05) is 11.4 Å². The third kappa shape index (κ3) is 4.62. The number of aromatic nitrogens is 1. The van der Waals surface area contributed by atoms with Crippen molar-refractivity contribution in [1.29, 1.82) is 0 Å². The average molecular weight is 360 g/mol. The minimum Gasteiger partial charge on any atom is -0.466 e. The smallest absolute Gasteiger partial charge is 0.311 e. The van der Waals surface area contributed by atoms with E-state index in [2.05, 4.69) is 21.2 Å². The van der Waals surface area contributed by atoms with Crippen molar-refractivity contribution in [3.63, 3.8) is 0 Å². The van der Waals surface area contributed by atoms with Crippen molar-refractivity contribution < 1.29 is 14.3 Å². The summed E-state index contributed by atoms with van der Waals surface area (Å²) in [7, 11) is 0. The molecular weight excluding hydrogens is 340 g/mol. The molecule has 132 valence electrons. The molecule has 0 aliphatic carbocycles. The number of anilines is 1. The van der Waals surface area contributed by atoms with Gasteiger partial charge in [0.1, 0.15) is 6.04 Å². The Balaban J connectivity index is 1.53. The highest BCUT2D eigenvalue weighted by molar-refractivity contribution is 7.13. The summed E-state index contributed by atoms with van der Waals surface area (Å²) in [5, 5.41) is 5.03. The Hall–Kier alpha value is -2.29. The molecule has 7 nitrogen and oxygen atoms in total. The molecule has 1 aliphatic rings. The van der Waals surface area contributed by atoms with Gasteiger partial charge in [-0.25, -0.2) is 15.8 Å². The van der Waals surface area contributed by atoms with Crippen molar-refractivity contribution >= 4 is 28.3 Å². The molecule has 0 spiro atoms. The molecular formula is C17H20N4O3S. The largest absolute Gasteiger partial charge is 0.466 e. The van der Waals surface area contributed by atoms with Gasteiger partial charge in [0.05, 0.1) is 18.7 Å². The lowest BCUT2D eigenvalue weighted by molar-refractivity contribution is -0.142. The highest BCUT2D eigenvalue weighted by Crippen LogP contribution is 2.23. The van der Waals surface area contributed by atoms with Crippen LogP contribution in [-0.2, 0) is 20.7 Å². The van der Waals surface area contributed by atoms with Gasteiger partial charge in [0.2, 0.25) is 5.91 Å². The van der Waals surface area contributed by atoms with Crippen LogP contribution in [0.25, 0.3) is 0 Å². The first-order chi connectivity index (χ1) is 12.2. The van der Waals surface area contributed by atoms with E-state index in [0.29, 0.717) is 23.9 Å². The van der Waals surface area contributed by atoms with Crippen molar-refractivity contribution in [3.8, 4) is 0 Å². The Morgan fingerprint density at radius 2 is 2.12 bits per heavy atom. The maximum atomic E-state index is 12.4. The van der Waals surface area contributed by atoms with Crippen molar-refractivity contribution in [2.45, 2.75) is 31.8 Å². The number of hydrogen-bond donors (Lipinski definition) is 3. The van der Waals surface area contributed by atoms with Crippen LogP contribution in [0.1, 0.15) is 30.6 Å². The lowest BCUT2D eigenvalue weighted by Crippen LogP contribution is -2.39. The Kier molecular flexibility index (Phi) is 5.75. The van der Waals surface area contributed by atoms with Crippen LogP contribution in [0.15, 0.2) is 35.7 Å². The number of amides is 1. The fourth-order valence-electron chi connectivity index (χ4n) is 2.63. The number of thiazole rings is 1. The Bertz CT molecular complexity index is 735. The molecule has 3 rings (SSSR count). The van der Waals surface area contributed by atoms with E-state index in [1.807, 2.05) is 30.3 Å². The van der Waals surface area contributed by atoms with E-state index in [-0.39, 0.29) is 30.4 Å². The van der Waals surface area contributed by atoms with E-state index in [4.69, 9.17) is 4.74 Å². The highest BCUT2D eigenvalue weighted by atomic mass is 32.1. The van der Waals surface area contributed by atoms with Crippen molar-refractivity contribution in [2.24, 2.45) is 0 Å². The SMILES string of the molecule is CCOC(=O)Cc1csc(NC(=O)C2CC(c3ccccc3)NN2)n1. The average Bonchev–Trinajstić information content (AvgIpc) is 3.25. The predicted octanol–water partition coefficient (Wildman–Crippen LogP) is 1.79. The Morgan fingerprint density at radius 3 is 2.88 bits per heavy atom. The molecule has 2 atom stereocenters. The molecule has 8 heteroatoms. The van der Waals surface area contributed by atoms with Crippen LogP contribution in [0.5, 0.6) is 0 Å². The lowest BCUT2D eigenvalue weighted by atomic mass is 10.0. The van der Waals surface area contributed by atoms with E-state index in [9.17, 15) is 9.59 Å². The first-order valence-corrected chi connectivity index (χ1v) is 9.00. The fourth-order valence-corrected chi connectivity index (χ4v) is 3.34. The summed E-state index contributed by atoms with van der Waals surface area (Å²) < 4.78 is 4.89. The Morgan fingerprint density at radius 1 is 1.32 bits per heavy atom. The second kappa shape index (κ2) is 8.19. The molecule has 1 amide bonds. The molecule has 1 aromatic carbocycles. The summed E-state index contributed by atoms with van der Waals surface area (Å²) in [6.45, 7) is 2.10. The summed E-state index contributed by atoms with van der Waals surface area (Å²) in [5.41, 5.74) is 7.90. The first kappa shape index (κ1) is 17.5.